The zero-order valence-corrected chi connectivity index (χ0v) is 15.1. The number of rotatable bonds is 7. The Kier molecular flexibility index (Phi) is 6.52. The van der Waals surface area contributed by atoms with Gasteiger partial charge in [-0.3, -0.25) is 9.78 Å². The summed E-state index contributed by atoms with van der Waals surface area (Å²) in [6, 6.07) is 20.8. The second kappa shape index (κ2) is 9.48. The molecule has 0 atom stereocenters. The van der Waals surface area contributed by atoms with Gasteiger partial charge in [-0.25, -0.2) is 4.79 Å². The number of benzene rings is 2. The van der Waals surface area contributed by atoms with E-state index in [1.54, 1.807) is 24.3 Å². The van der Waals surface area contributed by atoms with E-state index in [1.165, 1.54) is 0 Å². The van der Waals surface area contributed by atoms with E-state index < -0.39 is 5.97 Å². The third-order valence-corrected chi connectivity index (χ3v) is 4.26. The highest BCUT2D eigenvalue weighted by Gasteiger charge is 2.09. The first-order chi connectivity index (χ1) is 13.2. The lowest BCUT2D eigenvalue weighted by molar-refractivity contribution is -0.130. The predicted octanol–water partition coefficient (Wildman–Crippen LogP) is 4.23. The van der Waals surface area contributed by atoms with Gasteiger partial charge in [-0.1, -0.05) is 48.9 Å². The van der Waals surface area contributed by atoms with Gasteiger partial charge in [-0.05, 0) is 43.5 Å². The molecule has 27 heavy (non-hydrogen) atoms. The van der Waals surface area contributed by atoms with Crippen LogP contribution in [0.15, 0.2) is 66.7 Å². The summed E-state index contributed by atoms with van der Waals surface area (Å²) in [7, 11) is 0. The van der Waals surface area contributed by atoms with Gasteiger partial charge in [0.1, 0.15) is 0 Å². The van der Waals surface area contributed by atoms with Gasteiger partial charge in [-0.15, -0.1) is 0 Å². The number of nitrogens with zero attached hydrogens (tertiary/aromatic N) is 1. The number of aromatic nitrogens is 1. The van der Waals surface area contributed by atoms with Gasteiger partial charge in [0.05, 0.1) is 11.1 Å². The number of amides is 1. The topological polar surface area (TPSA) is 68.3 Å². The van der Waals surface area contributed by atoms with Crippen molar-refractivity contribution in [3.05, 3.63) is 78.0 Å². The van der Waals surface area contributed by atoms with Crippen molar-refractivity contribution in [2.45, 2.75) is 32.1 Å². The fourth-order valence-electron chi connectivity index (χ4n) is 2.80. The van der Waals surface area contributed by atoms with Gasteiger partial charge in [0.2, 0.25) is 0 Å². The van der Waals surface area contributed by atoms with E-state index >= 15 is 0 Å². The van der Waals surface area contributed by atoms with Gasteiger partial charge in [0.15, 0.2) is 0 Å². The van der Waals surface area contributed by atoms with Crippen molar-refractivity contribution in [1.29, 1.82) is 0 Å². The molecule has 138 valence electrons. The molecule has 0 aliphatic heterocycles. The Labute approximate surface area is 158 Å². The highest BCUT2D eigenvalue weighted by atomic mass is 16.7. The highest BCUT2D eigenvalue weighted by molar-refractivity contribution is 5.90. The fraction of sp³-hybridized carbons (Fsp3) is 0.227. The average Bonchev–Trinajstić information content (AvgIpc) is 2.72. The predicted molar refractivity (Wildman–Crippen MR) is 104 cm³/mol. The van der Waals surface area contributed by atoms with Crippen molar-refractivity contribution in [2.75, 3.05) is 0 Å². The van der Waals surface area contributed by atoms with Crippen LogP contribution in [0.1, 0.15) is 41.7 Å². The minimum absolute atomic E-state index is 0.289. The molecule has 0 fully saturated rings. The first-order valence-corrected chi connectivity index (χ1v) is 9.12. The molecule has 1 aromatic heterocycles. The van der Waals surface area contributed by atoms with Crippen LogP contribution in [0.3, 0.4) is 0 Å². The standard InChI is InChI=1S/C22H22N2O3/c25-21(24-27-22(26)18-10-3-1-4-11-18)14-6-2-5-12-19-16-15-17-9-7-8-13-20(17)23-19/h1,3-4,7-11,13,15-16H,2,5-6,12,14H2,(H,24,25). The van der Waals surface area contributed by atoms with Gasteiger partial charge >= 0.3 is 5.97 Å². The summed E-state index contributed by atoms with van der Waals surface area (Å²) in [6.07, 6.45) is 3.82. The van der Waals surface area contributed by atoms with Gasteiger partial charge < -0.3 is 4.84 Å². The van der Waals surface area contributed by atoms with Crippen molar-refractivity contribution in [3.8, 4) is 0 Å². The minimum Gasteiger partial charge on any atom is -0.335 e. The number of pyridine rings is 1. The SMILES string of the molecule is O=C(CCCCCc1ccc2ccccc2n1)NOC(=O)c1ccccc1. The van der Waals surface area contributed by atoms with Crippen molar-refractivity contribution < 1.29 is 14.4 Å². The molecule has 0 radical (unpaired) electrons. The van der Waals surface area contributed by atoms with Crippen LogP contribution < -0.4 is 5.48 Å². The van der Waals surface area contributed by atoms with Crippen molar-refractivity contribution in [1.82, 2.24) is 10.5 Å². The normalized spacial score (nSPS) is 10.5. The Morgan fingerprint density at radius 1 is 0.852 bits per heavy atom. The molecule has 1 N–H and O–H groups in total. The molecule has 0 spiro atoms. The number of carbonyl (C=O) groups is 2. The minimum atomic E-state index is -0.564. The number of nitrogens with one attached hydrogen (secondary N) is 1. The second-order valence-electron chi connectivity index (χ2n) is 6.34. The van der Waals surface area contributed by atoms with Crippen LogP contribution in [0.25, 0.3) is 10.9 Å². The maximum absolute atomic E-state index is 11.8. The molecule has 5 heteroatoms. The number of fused-ring (bicyclic) bond motifs is 1. The van der Waals surface area contributed by atoms with Crippen LogP contribution in [0, 0.1) is 0 Å². The molecule has 0 bridgehead atoms. The number of carbonyl (C=O) groups excluding carboxylic acids is 2. The first-order valence-electron chi connectivity index (χ1n) is 9.12. The molecule has 0 aliphatic rings. The molecule has 0 unspecified atom stereocenters. The van der Waals surface area contributed by atoms with Crippen LogP contribution in [-0.2, 0) is 16.1 Å². The van der Waals surface area contributed by atoms with E-state index in [0.29, 0.717) is 12.0 Å². The summed E-state index contributed by atoms with van der Waals surface area (Å²) in [4.78, 5) is 32.9. The zero-order chi connectivity index (χ0) is 18.9. The second-order valence-corrected chi connectivity index (χ2v) is 6.34. The van der Waals surface area contributed by atoms with Crippen LogP contribution >= 0.6 is 0 Å². The van der Waals surface area contributed by atoms with E-state index in [4.69, 9.17) is 4.84 Å². The molecule has 1 amide bonds. The number of aryl methyl sites for hydroxylation is 1. The number of hydrogen-bond donors (Lipinski definition) is 1. The summed E-state index contributed by atoms with van der Waals surface area (Å²) in [5.41, 5.74) is 4.69. The van der Waals surface area contributed by atoms with E-state index in [-0.39, 0.29) is 5.91 Å². The summed E-state index contributed by atoms with van der Waals surface area (Å²) in [5.74, 6) is -0.852. The summed E-state index contributed by atoms with van der Waals surface area (Å²) in [6.45, 7) is 0. The molecule has 0 saturated heterocycles. The van der Waals surface area contributed by atoms with E-state index in [2.05, 4.69) is 28.7 Å². The molecule has 1 heterocycles. The monoisotopic (exact) mass is 362 g/mol. The number of hydroxylamine groups is 1. The maximum Gasteiger partial charge on any atom is 0.362 e. The number of para-hydroxylation sites is 1. The molecular weight excluding hydrogens is 340 g/mol. The smallest absolute Gasteiger partial charge is 0.335 e. The van der Waals surface area contributed by atoms with Crippen LogP contribution in [-0.4, -0.2) is 16.9 Å². The molecule has 0 aliphatic carbocycles. The lowest BCUT2D eigenvalue weighted by Gasteiger charge is -2.06. The summed E-state index contributed by atoms with van der Waals surface area (Å²) in [5, 5.41) is 1.14. The third-order valence-electron chi connectivity index (χ3n) is 4.26. The van der Waals surface area contributed by atoms with Crippen molar-refractivity contribution >= 4 is 22.8 Å². The van der Waals surface area contributed by atoms with E-state index in [1.807, 2.05) is 24.3 Å². The molecule has 3 rings (SSSR count). The van der Waals surface area contributed by atoms with Crippen LogP contribution in [0.5, 0.6) is 0 Å². The Morgan fingerprint density at radius 2 is 1.63 bits per heavy atom. The van der Waals surface area contributed by atoms with E-state index in [0.717, 1.165) is 42.3 Å². The lowest BCUT2D eigenvalue weighted by Crippen LogP contribution is -2.26. The zero-order valence-electron chi connectivity index (χ0n) is 15.1. The van der Waals surface area contributed by atoms with Crippen LogP contribution in [0.4, 0.5) is 0 Å². The Hall–Kier alpha value is -3.21. The quantitative estimate of drug-likeness (QED) is 0.504. The maximum atomic E-state index is 11.8. The highest BCUT2D eigenvalue weighted by Crippen LogP contribution is 2.13. The van der Waals surface area contributed by atoms with Crippen LogP contribution in [0.2, 0.25) is 0 Å². The average molecular weight is 362 g/mol. The Balaban J connectivity index is 1.32. The van der Waals surface area contributed by atoms with Gasteiger partial charge in [0, 0.05) is 17.5 Å². The Morgan fingerprint density at radius 3 is 2.48 bits per heavy atom. The Bertz CT molecular complexity index is 910. The molecule has 3 aromatic rings. The fourth-order valence-corrected chi connectivity index (χ4v) is 2.80. The number of unbranched alkanes of at least 4 members (excludes halogenated alkanes) is 2. The first kappa shape index (κ1) is 18.6. The molecule has 5 nitrogen and oxygen atoms in total. The molecule has 0 saturated carbocycles. The van der Waals surface area contributed by atoms with Gasteiger partial charge in [-0.2, -0.15) is 5.48 Å². The molecule has 2 aromatic carbocycles. The summed E-state index contributed by atoms with van der Waals surface area (Å²) >= 11 is 0. The van der Waals surface area contributed by atoms with Crippen molar-refractivity contribution in [2.24, 2.45) is 0 Å². The lowest BCUT2D eigenvalue weighted by atomic mass is 10.1. The van der Waals surface area contributed by atoms with Gasteiger partial charge in [0.25, 0.3) is 5.91 Å². The number of hydrogen-bond acceptors (Lipinski definition) is 4. The van der Waals surface area contributed by atoms with E-state index in [9.17, 15) is 9.59 Å². The third kappa shape index (κ3) is 5.64. The summed E-state index contributed by atoms with van der Waals surface area (Å²) < 4.78 is 0. The molecular formula is C22H22N2O3. The largest absolute Gasteiger partial charge is 0.362 e. The van der Waals surface area contributed by atoms with Crippen molar-refractivity contribution in [3.63, 3.8) is 0 Å².